The summed E-state index contributed by atoms with van der Waals surface area (Å²) in [6.45, 7) is 4.05. The number of hydrogen-bond acceptors (Lipinski definition) is 2. The second-order valence-electron chi connectivity index (χ2n) is 3.89. The third kappa shape index (κ3) is 3.22. The summed E-state index contributed by atoms with van der Waals surface area (Å²) in [7, 11) is 0. The van der Waals surface area contributed by atoms with Crippen molar-refractivity contribution in [2.24, 2.45) is 11.7 Å². The third-order valence-corrected chi connectivity index (χ3v) is 2.88. The van der Waals surface area contributed by atoms with Crippen LogP contribution >= 0.6 is 11.6 Å². The molecule has 0 aliphatic rings. The first kappa shape index (κ1) is 13.0. The first-order valence-corrected chi connectivity index (χ1v) is 5.69. The van der Waals surface area contributed by atoms with E-state index in [0.717, 1.165) is 5.56 Å². The van der Waals surface area contributed by atoms with Crippen LogP contribution in [0.4, 0.5) is 0 Å². The van der Waals surface area contributed by atoms with Gasteiger partial charge in [0.15, 0.2) is 0 Å². The van der Waals surface area contributed by atoms with Gasteiger partial charge in [-0.1, -0.05) is 36.7 Å². The van der Waals surface area contributed by atoms with Crippen molar-refractivity contribution >= 4 is 17.5 Å². The highest BCUT2D eigenvalue weighted by Gasteiger charge is 2.15. The monoisotopic (exact) mass is 240 g/mol. The highest BCUT2D eigenvalue weighted by Crippen LogP contribution is 2.22. The minimum absolute atomic E-state index is 0.0464. The van der Waals surface area contributed by atoms with Gasteiger partial charge in [-0.3, -0.25) is 4.79 Å². The molecule has 1 amide bonds. The second kappa shape index (κ2) is 5.87. The van der Waals surface area contributed by atoms with Crippen LogP contribution in [0, 0.1) is 5.92 Å². The third-order valence-electron chi connectivity index (χ3n) is 2.53. The van der Waals surface area contributed by atoms with E-state index in [-0.39, 0.29) is 17.9 Å². The molecule has 0 heterocycles. The predicted octanol–water partition coefficient (Wildman–Crippen LogP) is 2.11. The molecule has 88 valence electrons. The van der Waals surface area contributed by atoms with Crippen molar-refractivity contribution in [2.45, 2.75) is 19.9 Å². The Kier molecular flexibility index (Phi) is 4.77. The molecule has 0 radical (unpaired) electrons. The van der Waals surface area contributed by atoms with Crippen molar-refractivity contribution < 1.29 is 4.79 Å². The maximum atomic E-state index is 11.6. The molecule has 3 N–H and O–H groups in total. The zero-order chi connectivity index (χ0) is 12.1. The molecule has 4 heteroatoms. The van der Waals surface area contributed by atoms with Gasteiger partial charge >= 0.3 is 0 Å². The number of carbonyl (C=O) groups is 1. The molecule has 0 bridgehead atoms. The summed E-state index contributed by atoms with van der Waals surface area (Å²) >= 11 is 6.04. The number of nitrogens with one attached hydrogen (secondary N) is 1. The summed E-state index contributed by atoms with van der Waals surface area (Å²) in [6.07, 6.45) is 0. The molecule has 1 aromatic rings. The van der Waals surface area contributed by atoms with Gasteiger partial charge in [-0.25, -0.2) is 0 Å². The van der Waals surface area contributed by atoms with Crippen molar-refractivity contribution in [3.8, 4) is 0 Å². The Morgan fingerprint density at radius 3 is 2.62 bits per heavy atom. The molecule has 0 fully saturated rings. The van der Waals surface area contributed by atoms with Crippen LogP contribution in [0.15, 0.2) is 24.3 Å². The molecule has 1 rings (SSSR count). The molecular formula is C12H17ClN2O. The molecular weight excluding hydrogens is 224 g/mol. The Balaban J connectivity index is 2.69. The standard InChI is InChI=1S/C12H17ClN2O/c1-8(7-14)12(16)15-9(2)10-5-3-4-6-11(10)13/h3-6,8-9H,7,14H2,1-2H3,(H,15,16)/t8?,9-/m0/s1. The first-order valence-electron chi connectivity index (χ1n) is 5.31. The van der Waals surface area contributed by atoms with Crippen molar-refractivity contribution in [3.05, 3.63) is 34.9 Å². The summed E-state index contributed by atoms with van der Waals surface area (Å²) in [4.78, 5) is 11.6. The van der Waals surface area contributed by atoms with Crippen LogP contribution in [0.25, 0.3) is 0 Å². The summed E-state index contributed by atoms with van der Waals surface area (Å²) in [5.74, 6) is -0.222. The van der Waals surface area contributed by atoms with Crippen LogP contribution < -0.4 is 11.1 Å². The molecule has 1 unspecified atom stereocenters. The summed E-state index contributed by atoms with van der Waals surface area (Å²) in [6, 6.07) is 7.38. The van der Waals surface area contributed by atoms with Crippen molar-refractivity contribution in [1.82, 2.24) is 5.32 Å². The molecule has 0 aliphatic carbocycles. The minimum atomic E-state index is -0.176. The van der Waals surface area contributed by atoms with Crippen molar-refractivity contribution in [2.75, 3.05) is 6.54 Å². The zero-order valence-corrected chi connectivity index (χ0v) is 10.3. The molecule has 0 spiro atoms. The quantitative estimate of drug-likeness (QED) is 0.847. The Morgan fingerprint density at radius 1 is 1.44 bits per heavy atom. The van der Waals surface area contributed by atoms with Crippen LogP contribution in [-0.2, 0) is 4.79 Å². The van der Waals surface area contributed by atoms with E-state index in [0.29, 0.717) is 11.6 Å². The molecule has 2 atom stereocenters. The van der Waals surface area contributed by atoms with E-state index in [4.69, 9.17) is 17.3 Å². The maximum Gasteiger partial charge on any atom is 0.224 e. The molecule has 16 heavy (non-hydrogen) atoms. The van der Waals surface area contributed by atoms with Crippen LogP contribution in [0.5, 0.6) is 0 Å². The van der Waals surface area contributed by atoms with E-state index >= 15 is 0 Å². The minimum Gasteiger partial charge on any atom is -0.349 e. The number of halogens is 1. The van der Waals surface area contributed by atoms with Gasteiger partial charge < -0.3 is 11.1 Å². The Bertz CT molecular complexity index is 368. The van der Waals surface area contributed by atoms with Gasteiger partial charge in [0.2, 0.25) is 5.91 Å². The summed E-state index contributed by atoms with van der Waals surface area (Å²) in [5, 5.41) is 3.55. The molecule has 3 nitrogen and oxygen atoms in total. The number of amides is 1. The van der Waals surface area contributed by atoms with E-state index in [1.807, 2.05) is 31.2 Å². The molecule has 1 aromatic carbocycles. The Labute approximate surface area is 101 Å². The second-order valence-corrected chi connectivity index (χ2v) is 4.30. The van der Waals surface area contributed by atoms with Crippen molar-refractivity contribution in [1.29, 1.82) is 0 Å². The number of rotatable bonds is 4. The normalized spacial score (nSPS) is 14.2. The van der Waals surface area contributed by atoms with Gasteiger partial charge in [-0.05, 0) is 18.6 Å². The number of nitrogens with two attached hydrogens (primary N) is 1. The van der Waals surface area contributed by atoms with E-state index < -0.39 is 0 Å². The van der Waals surface area contributed by atoms with Gasteiger partial charge in [-0.15, -0.1) is 0 Å². The van der Waals surface area contributed by atoms with Gasteiger partial charge in [0.05, 0.1) is 6.04 Å². The number of benzene rings is 1. The Morgan fingerprint density at radius 2 is 2.06 bits per heavy atom. The lowest BCUT2D eigenvalue weighted by atomic mass is 10.1. The fourth-order valence-electron chi connectivity index (χ4n) is 1.37. The highest BCUT2D eigenvalue weighted by molar-refractivity contribution is 6.31. The largest absolute Gasteiger partial charge is 0.349 e. The molecule has 0 aliphatic heterocycles. The number of hydrogen-bond donors (Lipinski definition) is 2. The van der Waals surface area contributed by atoms with Crippen LogP contribution in [0.3, 0.4) is 0 Å². The fraction of sp³-hybridized carbons (Fsp3) is 0.417. The van der Waals surface area contributed by atoms with Crippen LogP contribution in [-0.4, -0.2) is 12.5 Å². The predicted molar refractivity (Wildman–Crippen MR) is 66.2 cm³/mol. The van der Waals surface area contributed by atoms with E-state index in [9.17, 15) is 4.79 Å². The van der Waals surface area contributed by atoms with E-state index in [2.05, 4.69) is 5.32 Å². The van der Waals surface area contributed by atoms with Gasteiger partial charge in [0.25, 0.3) is 0 Å². The zero-order valence-electron chi connectivity index (χ0n) is 9.53. The lowest BCUT2D eigenvalue weighted by Crippen LogP contribution is -2.34. The van der Waals surface area contributed by atoms with Gasteiger partial charge in [0, 0.05) is 17.5 Å². The average molecular weight is 241 g/mol. The van der Waals surface area contributed by atoms with E-state index in [1.54, 1.807) is 6.92 Å². The summed E-state index contributed by atoms with van der Waals surface area (Å²) in [5.41, 5.74) is 6.35. The lowest BCUT2D eigenvalue weighted by Gasteiger charge is -2.18. The smallest absolute Gasteiger partial charge is 0.224 e. The topological polar surface area (TPSA) is 55.1 Å². The van der Waals surface area contributed by atoms with E-state index in [1.165, 1.54) is 0 Å². The number of carbonyl (C=O) groups excluding carboxylic acids is 1. The average Bonchev–Trinajstić information content (AvgIpc) is 2.28. The first-order chi connectivity index (χ1) is 7.56. The van der Waals surface area contributed by atoms with Crippen molar-refractivity contribution in [3.63, 3.8) is 0 Å². The molecule has 0 aromatic heterocycles. The highest BCUT2D eigenvalue weighted by atomic mass is 35.5. The van der Waals surface area contributed by atoms with Gasteiger partial charge in [-0.2, -0.15) is 0 Å². The van der Waals surface area contributed by atoms with Crippen LogP contribution in [0.2, 0.25) is 5.02 Å². The summed E-state index contributed by atoms with van der Waals surface area (Å²) < 4.78 is 0. The maximum absolute atomic E-state index is 11.6. The van der Waals surface area contributed by atoms with Gasteiger partial charge in [0.1, 0.15) is 0 Å². The molecule has 0 saturated carbocycles. The SMILES string of the molecule is CC(CN)C(=O)N[C@@H](C)c1ccccc1Cl. The van der Waals surface area contributed by atoms with Crippen LogP contribution in [0.1, 0.15) is 25.5 Å². The Hall–Kier alpha value is -1.06. The molecule has 0 saturated heterocycles. The lowest BCUT2D eigenvalue weighted by molar-refractivity contribution is -0.124. The fourth-order valence-corrected chi connectivity index (χ4v) is 1.67.